The summed E-state index contributed by atoms with van der Waals surface area (Å²) in [7, 11) is 0. The van der Waals surface area contributed by atoms with Gasteiger partial charge in [-0.05, 0) is 31.0 Å². The highest BCUT2D eigenvalue weighted by Gasteiger charge is 2.38. The molecule has 2 heteroatoms. The van der Waals surface area contributed by atoms with Crippen LogP contribution in [0, 0.1) is 5.92 Å². The number of aromatic nitrogens is 1. The smallest absolute Gasteiger partial charge is 0.0437 e. The lowest BCUT2D eigenvalue weighted by molar-refractivity contribution is 0.553. The number of nitrogens with zero attached hydrogens (tertiary/aromatic N) is 1. The summed E-state index contributed by atoms with van der Waals surface area (Å²) in [5.74, 6) is 1.52. The lowest BCUT2D eigenvalue weighted by atomic mass is 10.2. The van der Waals surface area contributed by atoms with Crippen molar-refractivity contribution in [1.29, 1.82) is 0 Å². The Morgan fingerprint density at radius 3 is 3.00 bits per heavy atom. The fraction of sp³-hybridized carbons (Fsp3) is 0.583. The molecule has 14 heavy (non-hydrogen) atoms. The third-order valence-electron chi connectivity index (χ3n) is 2.78. The SMILES string of the molecule is CC(C)NCC1CC1c1ccccn1. The van der Waals surface area contributed by atoms with Gasteiger partial charge in [0.25, 0.3) is 0 Å². The number of nitrogens with one attached hydrogen (secondary N) is 1. The zero-order valence-electron chi connectivity index (χ0n) is 8.90. The van der Waals surface area contributed by atoms with Crippen molar-refractivity contribution in [2.45, 2.75) is 32.2 Å². The van der Waals surface area contributed by atoms with Gasteiger partial charge in [0.05, 0.1) is 0 Å². The Morgan fingerprint density at radius 2 is 2.36 bits per heavy atom. The summed E-state index contributed by atoms with van der Waals surface area (Å²) in [5, 5.41) is 3.48. The monoisotopic (exact) mass is 190 g/mol. The van der Waals surface area contributed by atoms with Crippen LogP contribution in [-0.4, -0.2) is 17.6 Å². The van der Waals surface area contributed by atoms with Gasteiger partial charge in [-0.1, -0.05) is 19.9 Å². The van der Waals surface area contributed by atoms with Gasteiger partial charge in [-0.25, -0.2) is 0 Å². The van der Waals surface area contributed by atoms with Crippen molar-refractivity contribution in [3.63, 3.8) is 0 Å². The first-order valence-corrected chi connectivity index (χ1v) is 5.41. The second kappa shape index (κ2) is 4.09. The molecule has 1 fully saturated rings. The van der Waals surface area contributed by atoms with Gasteiger partial charge in [0.15, 0.2) is 0 Å². The average molecular weight is 190 g/mol. The molecule has 1 aromatic heterocycles. The van der Waals surface area contributed by atoms with Crippen LogP contribution in [0.1, 0.15) is 31.9 Å². The van der Waals surface area contributed by atoms with Crippen molar-refractivity contribution in [3.8, 4) is 0 Å². The van der Waals surface area contributed by atoms with Gasteiger partial charge in [-0.2, -0.15) is 0 Å². The Morgan fingerprint density at radius 1 is 1.50 bits per heavy atom. The van der Waals surface area contributed by atoms with Gasteiger partial charge in [0, 0.05) is 23.9 Å². The minimum atomic E-state index is 0.597. The van der Waals surface area contributed by atoms with E-state index in [-0.39, 0.29) is 0 Å². The normalized spacial score (nSPS) is 25.4. The van der Waals surface area contributed by atoms with Crippen LogP contribution >= 0.6 is 0 Å². The summed E-state index contributed by atoms with van der Waals surface area (Å²) in [6.07, 6.45) is 3.19. The standard InChI is InChI=1S/C12H18N2/c1-9(2)14-8-10-7-11(10)12-5-3-4-6-13-12/h3-6,9-11,14H,7-8H2,1-2H3. The molecule has 0 aromatic carbocycles. The van der Waals surface area contributed by atoms with E-state index < -0.39 is 0 Å². The van der Waals surface area contributed by atoms with Crippen LogP contribution in [0.15, 0.2) is 24.4 Å². The van der Waals surface area contributed by atoms with E-state index in [0.29, 0.717) is 12.0 Å². The highest BCUT2D eigenvalue weighted by atomic mass is 14.9. The van der Waals surface area contributed by atoms with Crippen molar-refractivity contribution in [3.05, 3.63) is 30.1 Å². The molecule has 1 heterocycles. The molecule has 1 N–H and O–H groups in total. The second-order valence-corrected chi connectivity index (χ2v) is 4.42. The Labute approximate surface area is 85.7 Å². The molecule has 2 rings (SSSR count). The number of hydrogen-bond donors (Lipinski definition) is 1. The molecular weight excluding hydrogens is 172 g/mol. The van der Waals surface area contributed by atoms with Gasteiger partial charge in [0.2, 0.25) is 0 Å². The molecular formula is C12H18N2. The fourth-order valence-electron chi connectivity index (χ4n) is 1.82. The van der Waals surface area contributed by atoms with Gasteiger partial charge < -0.3 is 5.32 Å². The van der Waals surface area contributed by atoms with E-state index in [1.54, 1.807) is 0 Å². The zero-order valence-corrected chi connectivity index (χ0v) is 8.90. The average Bonchev–Trinajstić information content (AvgIpc) is 2.95. The maximum Gasteiger partial charge on any atom is 0.0437 e. The molecule has 0 bridgehead atoms. The van der Waals surface area contributed by atoms with E-state index in [4.69, 9.17) is 0 Å². The topological polar surface area (TPSA) is 24.9 Å². The Kier molecular flexibility index (Phi) is 2.82. The lowest BCUT2D eigenvalue weighted by Gasteiger charge is -2.06. The molecule has 0 radical (unpaired) electrons. The van der Waals surface area contributed by atoms with Crippen molar-refractivity contribution in [2.75, 3.05) is 6.54 Å². The van der Waals surface area contributed by atoms with Crippen LogP contribution in [0.25, 0.3) is 0 Å². The maximum absolute atomic E-state index is 4.39. The van der Waals surface area contributed by atoms with E-state index >= 15 is 0 Å². The van der Waals surface area contributed by atoms with Crippen LogP contribution < -0.4 is 5.32 Å². The van der Waals surface area contributed by atoms with E-state index in [9.17, 15) is 0 Å². The lowest BCUT2D eigenvalue weighted by Crippen LogP contribution is -2.25. The van der Waals surface area contributed by atoms with Crippen molar-refractivity contribution in [2.24, 2.45) is 5.92 Å². The molecule has 1 saturated carbocycles. The van der Waals surface area contributed by atoms with Gasteiger partial charge in [-0.3, -0.25) is 4.98 Å². The molecule has 0 spiro atoms. The second-order valence-electron chi connectivity index (χ2n) is 4.42. The van der Waals surface area contributed by atoms with Crippen molar-refractivity contribution >= 4 is 0 Å². The quantitative estimate of drug-likeness (QED) is 0.787. The number of rotatable bonds is 4. The Balaban J connectivity index is 1.82. The van der Waals surface area contributed by atoms with E-state index in [2.05, 4.69) is 36.3 Å². The molecule has 0 aliphatic heterocycles. The van der Waals surface area contributed by atoms with E-state index in [1.807, 2.05) is 12.3 Å². The van der Waals surface area contributed by atoms with Gasteiger partial charge in [-0.15, -0.1) is 0 Å². The van der Waals surface area contributed by atoms with Crippen LogP contribution in [0.3, 0.4) is 0 Å². The van der Waals surface area contributed by atoms with Crippen LogP contribution in [0.2, 0.25) is 0 Å². The van der Waals surface area contributed by atoms with Gasteiger partial charge in [0.1, 0.15) is 0 Å². The Bertz CT molecular complexity index is 282. The molecule has 0 saturated heterocycles. The first kappa shape index (κ1) is 9.66. The zero-order chi connectivity index (χ0) is 9.97. The molecule has 0 amide bonds. The summed E-state index contributed by atoms with van der Waals surface area (Å²) in [6, 6.07) is 6.79. The highest BCUT2D eigenvalue weighted by molar-refractivity contribution is 5.18. The molecule has 76 valence electrons. The number of hydrogen-bond acceptors (Lipinski definition) is 2. The number of pyridine rings is 1. The van der Waals surface area contributed by atoms with E-state index in [0.717, 1.165) is 12.5 Å². The maximum atomic E-state index is 4.39. The first-order chi connectivity index (χ1) is 6.77. The summed E-state index contributed by atoms with van der Waals surface area (Å²) in [4.78, 5) is 4.39. The molecule has 1 aromatic rings. The van der Waals surface area contributed by atoms with Crippen LogP contribution in [0.5, 0.6) is 0 Å². The highest BCUT2D eigenvalue weighted by Crippen LogP contribution is 2.45. The van der Waals surface area contributed by atoms with E-state index in [1.165, 1.54) is 12.1 Å². The predicted molar refractivity (Wildman–Crippen MR) is 58.2 cm³/mol. The molecule has 1 aliphatic rings. The summed E-state index contributed by atoms with van der Waals surface area (Å²) >= 11 is 0. The minimum absolute atomic E-state index is 0.597. The largest absolute Gasteiger partial charge is 0.314 e. The summed E-state index contributed by atoms with van der Waals surface area (Å²) < 4.78 is 0. The summed E-state index contributed by atoms with van der Waals surface area (Å²) in [5.41, 5.74) is 1.27. The molecule has 2 nitrogen and oxygen atoms in total. The third-order valence-corrected chi connectivity index (χ3v) is 2.78. The minimum Gasteiger partial charge on any atom is -0.314 e. The van der Waals surface area contributed by atoms with Crippen LogP contribution in [-0.2, 0) is 0 Å². The third kappa shape index (κ3) is 2.32. The summed E-state index contributed by atoms with van der Waals surface area (Å²) in [6.45, 7) is 5.52. The van der Waals surface area contributed by atoms with Crippen molar-refractivity contribution in [1.82, 2.24) is 10.3 Å². The van der Waals surface area contributed by atoms with Gasteiger partial charge >= 0.3 is 0 Å². The van der Waals surface area contributed by atoms with Crippen molar-refractivity contribution < 1.29 is 0 Å². The molecule has 2 unspecified atom stereocenters. The first-order valence-electron chi connectivity index (χ1n) is 5.41. The molecule has 2 atom stereocenters. The fourth-order valence-corrected chi connectivity index (χ4v) is 1.82. The van der Waals surface area contributed by atoms with Crippen LogP contribution in [0.4, 0.5) is 0 Å². The molecule has 1 aliphatic carbocycles. The predicted octanol–water partition coefficient (Wildman–Crippen LogP) is 2.18. The Hall–Kier alpha value is -0.890.